The maximum absolute atomic E-state index is 13.2. The van der Waals surface area contributed by atoms with E-state index in [1.165, 1.54) is 0 Å². The van der Waals surface area contributed by atoms with E-state index in [-0.39, 0.29) is 11.6 Å². The second kappa shape index (κ2) is 6.15. The van der Waals surface area contributed by atoms with E-state index < -0.39 is 0 Å². The van der Waals surface area contributed by atoms with Crippen LogP contribution in [0.25, 0.3) is 0 Å². The smallest absolute Gasteiger partial charge is 0.196 e. The number of nitrogens with one attached hydrogen (secondary N) is 2. The van der Waals surface area contributed by atoms with E-state index in [9.17, 15) is 9.59 Å². The molecule has 0 aromatic heterocycles. The third kappa shape index (κ3) is 2.39. The Morgan fingerprint density at radius 1 is 0.654 bits per heavy atom. The first-order valence-corrected chi connectivity index (χ1v) is 8.47. The maximum atomic E-state index is 13.2. The van der Waals surface area contributed by atoms with Gasteiger partial charge in [-0.25, -0.2) is 0 Å². The number of para-hydroxylation sites is 1. The summed E-state index contributed by atoms with van der Waals surface area (Å²) in [4.78, 5) is 26.3. The predicted molar refractivity (Wildman–Crippen MR) is 104 cm³/mol. The molecule has 0 fully saturated rings. The Morgan fingerprint density at radius 2 is 1.19 bits per heavy atom. The molecular weight excluding hydrogens is 324 g/mol. The number of ketones is 2. The van der Waals surface area contributed by atoms with Crippen molar-refractivity contribution in [2.24, 2.45) is 0 Å². The second-order valence-corrected chi connectivity index (χ2v) is 6.30. The highest BCUT2D eigenvalue weighted by molar-refractivity contribution is 6.32. The highest BCUT2D eigenvalue weighted by Crippen LogP contribution is 2.37. The summed E-state index contributed by atoms with van der Waals surface area (Å²) in [7, 11) is 1.75. The highest BCUT2D eigenvalue weighted by atomic mass is 16.1. The van der Waals surface area contributed by atoms with Crippen molar-refractivity contribution in [1.29, 1.82) is 0 Å². The van der Waals surface area contributed by atoms with Gasteiger partial charge in [-0.05, 0) is 30.7 Å². The average Bonchev–Trinajstić information content (AvgIpc) is 2.67. The van der Waals surface area contributed by atoms with Gasteiger partial charge in [0.2, 0.25) is 0 Å². The SMILES string of the molecule is CNc1ccc(Nc2ccccc2C)c2c1C(=O)c1ccccc1C2=O. The Hall–Kier alpha value is -3.40. The molecule has 3 aromatic rings. The lowest BCUT2D eigenvalue weighted by atomic mass is 9.82. The molecular formula is C22H18N2O2. The van der Waals surface area contributed by atoms with Crippen LogP contribution in [0.5, 0.6) is 0 Å². The van der Waals surface area contributed by atoms with E-state index in [1.807, 2.05) is 43.3 Å². The van der Waals surface area contributed by atoms with Crippen molar-refractivity contribution in [3.05, 3.63) is 88.5 Å². The Bertz CT molecular complexity index is 1050. The van der Waals surface area contributed by atoms with Crippen molar-refractivity contribution in [1.82, 2.24) is 0 Å². The van der Waals surface area contributed by atoms with Crippen molar-refractivity contribution in [3.8, 4) is 0 Å². The number of benzene rings is 3. The second-order valence-electron chi connectivity index (χ2n) is 6.30. The summed E-state index contributed by atoms with van der Waals surface area (Å²) in [6.45, 7) is 2.00. The molecule has 2 N–H and O–H groups in total. The summed E-state index contributed by atoms with van der Waals surface area (Å²) in [6, 6.07) is 18.5. The van der Waals surface area contributed by atoms with Crippen LogP contribution in [0.15, 0.2) is 60.7 Å². The van der Waals surface area contributed by atoms with E-state index in [2.05, 4.69) is 10.6 Å². The molecule has 1 aliphatic carbocycles. The third-order valence-electron chi connectivity index (χ3n) is 4.76. The third-order valence-corrected chi connectivity index (χ3v) is 4.76. The number of hydrogen-bond acceptors (Lipinski definition) is 4. The van der Waals surface area contributed by atoms with Crippen molar-refractivity contribution in [3.63, 3.8) is 0 Å². The Balaban J connectivity index is 1.93. The fourth-order valence-corrected chi connectivity index (χ4v) is 3.39. The summed E-state index contributed by atoms with van der Waals surface area (Å²) >= 11 is 0. The summed E-state index contributed by atoms with van der Waals surface area (Å²) in [5.41, 5.74) is 5.02. The van der Waals surface area contributed by atoms with Gasteiger partial charge in [-0.3, -0.25) is 9.59 Å². The number of carbonyl (C=O) groups excluding carboxylic acids is 2. The zero-order chi connectivity index (χ0) is 18.3. The number of anilines is 3. The van der Waals surface area contributed by atoms with Crippen LogP contribution in [-0.2, 0) is 0 Å². The lowest BCUT2D eigenvalue weighted by molar-refractivity contribution is 0.0980. The largest absolute Gasteiger partial charge is 0.388 e. The molecule has 4 nitrogen and oxygen atoms in total. The number of rotatable bonds is 3. The van der Waals surface area contributed by atoms with Crippen molar-refractivity contribution in [2.75, 3.05) is 17.7 Å². The molecule has 0 atom stereocenters. The standard InChI is InChI=1S/C22H18N2O2/c1-13-7-3-6-10-16(13)24-18-12-11-17(23-2)19-20(18)22(26)15-9-5-4-8-14(15)21(19)25/h3-12,23-24H,1-2H3. The van der Waals surface area contributed by atoms with Crippen LogP contribution in [0.3, 0.4) is 0 Å². The van der Waals surface area contributed by atoms with Gasteiger partial charge >= 0.3 is 0 Å². The van der Waals surface area contributed by atoms with Gasteiger partial charge in [0.15, 0.2) is 11.6 Å². The lowest BCUT2D eigenvalue weighted by Crippen LogP contribution is -2.23. The van der Waals surface area contributed by atoms with Crippen LogP contribution in [0.1, 0.15) is 37.4 Å². The number of fused-ring (bicyclic) bond motifs is 2. The molecule has 0 aliphatic heterocycles. The molecule has 3 aromatic carbocycles. The van der Waals surface area contributed by atoms with E-state index in [0.29, 0.717) is 33.6 Å². The lowest BCUT2D eigenvalue weighted by Gasteiger charge is -2.23. The zero-order valence-electron chi connectivity index (χ0n) is 14.6. The monoisotopic (exact) mass is 342 g/mol. The molecule has 0 radical (unpaired) electrons. The summed E-state index contributed by atoms with van der Waals surface area (Å²) in [6.07, 6.45) is 0. The minimum absolute atomic E-state index is 0.131. The molecule has 0 amide bonds. The molecule has 0 saturated heterocycles. The van der Waals surface area contributed by atoms with E-state index in [1.54, 1.807) is 31.3 Å². The fourth-order valence-electron chi connectivity index (χ4n) is 3.39. The van der Waals surface area contributed by atoms with Gasteiger partial charge < -0.3 is 10.6 Å². The van der Waals surface area contributed by atoms with Crippen molar-refractivity contribution < 1.29 is 9.59 Å². The van der Waals surface area contributed by atoms with Gasteiger partial charge in [-0.2, -0.15) is 0 Å². The molecule has 4 heteroatoms. The van der Waals surface area contributed by atoms with E-state index in [4.69, 9.17) is 0 Å². The van der Waals surface area contributed by atoms with Crippen LogP contribution >= 0.6 is 0 Å². The van der Waals surface area contributed by atoms with Crippen LogP contribution in [0, 0.1) is 6.92 Å². The number of carbonyl (C=O) groups is 2. The topological polar surface area (TPSA) is 58.2 Å². The van der Waals surface area contributed by atoms with Crippen molar-refractivity contribution >= 4 is 28.6 Å². The molecule has 128 valence electrons. The molecule has 0 bridgehead atoms. The van der Waals surface area contributed by atoms with Gasteiger partial charge in [-0.15, -0.1) is 0 Å². The van der Waals surface area contributed by atoms with Crippen LogP contribution in [0.4, 0.5) is 17.1 Å². The minimum atomic E-state index is -0.136. The first-order valence-electron chi connectivity index (χ1n) is 8.47. The fraction of sp³-hybridized carbons (Fsp3) is 0.0909. The molecule has 0 heterocycles. The first-order chi connectivity index (χ1) is 12.6. The van der Waals surface area contributed by atoms with Crippen LogP contribution in [-0.4, -0.2) is 18.6 Å². The quantitative estimate of drug-likeness (QED) is 0.573. The molecule has 4 rings (SSSR count). The predicted octanol–water partition coefficient (Wildman–Crippen LogP) is 4.56. The van der Waals surface area contributed by atoms with E-state index in [0.717, 1.165) is 11.3 Å². The molecule has 0 spiro atoms. The molecule has 0 unspecified atom stereocenters. The first kappa shape index (κ1) is 16.1. The summed E-state index contributed by atoms with van der Waals surface area (Å²) in [5, 5.41) is 6.37. The molecule has 0 saturated carbocycles. The Labute approximate surface area is 151 Å². The molecule has 26 heavy (non-hydrogen) atoms. The van der Waals surface area contributed by atoms with Gasteiger partial charge in [0.25, 0.3) is 0 Å². The van der Waals surface area contributed by atoms with Crippen LogP contribution < -0.4 is 10.6 Å². The van der Waals surface area contributed by atoms with Gasteiger partial charge in [0.05, 0.1) is 16.8 Å². The zero-order valence-corrected chi connectivity index (χ0v) is 14.6. The van der Waals surface area contributed by atoms with E-state index >= 15 is 0 Å². The summed E-state index contributed by atoms with van der Waals surface area (Å²) in [5.74, 6) is -0.267. The summed E-state index contributed by atoms with van der Waals surface area (Å²) < 4.78 is 0. The Kier molecular flexibility index (Phi) is 3.81. The van der Waals surface area contributed by atoms with Gasteiger partial charge in [-0.1, -0.05) is 42.5 Å². The number of aryl methyl sites for hydroxylation is 1. The number of hydrogen-bond donors (Lipinski definition) is 2. The maximum Gasteiger partial charge on any atom is 0.196 e. The highest BCUT2D eigenvalue weighted by Gasteiger charge is 2.33. The molecule has 1 aliphatic rings. The minimum Gasteiger partial charge on any atom is -0.388 e. The van der Waals surface area contributed by atoms with Crippen molar-refractivity contribution in [2.45, 2.75) is 6.92 Å². The normalized spacial score (nSPS) is 12.4. The van der Waals surface area contributed by atoms with Gasteiger partial charge in [0.1, 0.15) is 0 Å². The Morgan fingerprint density at radius 3 is 1.81 bits per heavy atom. The average molecular weight is 342 g/mol. The van der Waals surface area contributed by atoms with Crippen LogP contribution in [0.2, 0.25) is 0 Å². The van der Waals surface area contributed by atoms with Gasteiger partial charge in [0, 0.05) is 29.5 Å².